The molecule has 0 saturated heterocycles. The molecule has 5 heteroatoms. The smallest absolute Gasteiger partial charge is 0.159 e. The number of nitrogen functional groups attached to an aromatic ring is 1. The van der Waals surface area contributed by atoms with Gasteiger partial charge in [0.1, 0.15) is 0 Å². The van der Waals surface area contributed by atoms with Crippen LogP contribution in [0.1, 0.15) is 5.56 Å². The highest BCUT2D eigenvalue weighted by atomic mass is 32.2. The maximum atomic E-state index is 13.3. The van der Waals surface area contributed by atoms with Crippen molar-refractivity contribution in [1.82, 2.24) is 4.57 Å². The second-order valence-electron chi connectivity index (χ2n) is 4.85. The summed E-state index contributed by atoms with van der Waals surface area (Å²) in [6.45, 7) is 0.470. The third kappa shape index (κ3) is 2.61. The van der Waals surface area contributed by atoms with Gasteiger partial charge in [0, 0.05) is 28.7 Å². The second-order valence-corrected chi connectivity index (χ2v) is 5.70. The number of benzene rings is 2. The van der Waals surface area contributed by atoms with Crippen LogP contribution in [0.3, 0.4) is 0 Å². The summed E-state index contributed by atoms with van der Waals surface area (Å²) in [6.07, 6.45) is 3.94. The predicted octanol–water partition coefficient (Wildman–Crippen LogP) is 4.27. The van der Waals surface area contributed by atoms with Crippen molar-refractivity contribution >= 4 is 28.4 Å². The molecule has 1 heterocycles. The second kappa shape index (κ2) is 5.41. The van der Waals surface area contributed by atoms with Gasteiger partial charge in [0.15, 0.2) is 11.6 Å². The van der Waals surface area contributed by atoms with Crippen LogP contribution in [0.15, 0.2) is 47.5 Å². The number of aromatic nitrogens is 1. The Balaban J connectivity index is 2.04. The molecule has 0 aliphatic rings. The number of nitrogens with zero attached hydrogens (tertiary/aromatic N) is 1. The third-order valence-corrected chi connectivity index (χ3v) is 4.21. The molecule has 3 aromatic rings. The van der Waals surface area contributed by atoms with Crippen molar-refractivity contribution in [3.63, 3.8) is 0 Å². The van der Waals surface area contributed by atoms with Crippen LogP contribution in [0.5, 0.6) is 0 Å². The molecule has 2 N–H and O–H groups in total. The van der Waals surface area contributed by atoms with Crippen LogP contribution in [0, 0.1) is 11.6 Å². The Morgan fingerprint density at radius 3 is 2.62 bits per heavy atom. The van der Waals surface area contributed by atoms with E-state index in [0.717, 1.165) is 21.9 Å². The molecule has 0 radical (unpaired) electrons. The van der Waals surface area contributed by atoms with Gasteiger partial charge in [-0.1, -0.05) is 6.07 Å². The van der Waals surface area contributed by atoms with Crippen LogP contribution < -0.4 is 5.73 Å². The first-order valence-corrected chi connectivity index (χ1v) is 7.67. The Hall–Kier alpha value is -2.01. The lowest BCUT2D eigenvalue weighted by molar-refractivity contribution is 0.506. The van der Waals surface area contributed by atoms with Gasteiger partial charge in [-0.15, -0.1) is 11.8 Å². The number of fused-ring (bicyclic) bond motifs is 1. The summed E-state index contributed by atoms with van der Waals surface area (Å²) in [6, 6.07) is 9.82. The van der Waals surface area contributed by atoms with Crippen molar-refractivity contribution in [3.8, 4) is 0 Å². The highest BCUT2D eigenvalue weighted by Crippen LogP contribution is 2.30. The highest BCUT2D eigenvalue weighted by molar-refractivity contribution is 7.98. The van der Waals surface area contributed by atoms with Gasteiger partial charge in [0.05, 0.1) is 5.52 Å². The van der Waals surface area contributed by atoms with Gasteiger partial charge in [-0.3, -0.25) is 0 Å². The van der Waals surface area contributed by atoms with Crippen molar-refractivity contribution in [3.05, 3.63) is 59.8 Å². The molecule has 0 fully saturated rings. The lowest BCUT2D eigenvalue weighted by atomic mass is 10.2. The van der Waals surface area contributed by atoms with Crippen LogP contribution in [0.25, 0.3) is 10.9 Å². The number of halogens is 2. The molecule has 21 heavy (non-hydrogen) atoms. The van der Waals surface area contributed by atoms with Crippen molar-refractivity contribution in [2.45, 2.75) is 11.4 Å². The average Bonchev–Trinajstić information content (AvgIpc) is 2.85. The van der Waals surface area contributed by atoms with Gasteiger partial charge < -0.3 is 10.3 Å². The molecule has 0 saturated carbocycles. The van der Waals surface area contributed by atoms with E-state index < -0.39 is 11.6 Å². The molecule has 0 atom stereocenters. The number of hydrogen-bond donors (Lipinski definition) is 1. The summed E-state index contributed by atoms with van der Waals surface area (Å²) in [5.41, 5.74) is 8.32. The largest absolute Gasteiger partial charge is 0.399 e. The minimum atomic E-state index is -0.829. The van der Waals surface area contributed by atoms with E-state index in [1.165, 1.54) is 6.07 Å². The van der Waals surface area contributed by atoms with Crippen LogP contribution in [0.4, 0.5) is 14.5 Å². The van der Waals surface area contributed by atoms with Crippen LogP contribution in [0.2, 0.25) is 0 Å². The maximum absolute atomic E-state index is 13.3. The van der Waals surface area contributed by atoms with Gasteiger partial charge in [0.2, 0.25) is 0 Å². The number of rotatable bonds is 3. The summed E-state index contributed by atoms with van der Waals surface area (Å²) in [4.78, 5) is 1.11. The molecular formula is C16H14F2N2S. The molecule has 0 aliphatic heterocycles. The molecule has 2 nitrogen and oxygen atoms in total. The standard InChI is InChI=1S/C16H14F2N2S/c1-21-16-8-11(19)7-15-12(16)4-5-20(15)9-10-2-3-13(17)14(18)6-10/h2-8H,9,19H2,1H3. The van der Waals surface area contributed by atoms with Crippen LogP contribution in [-0.2, 0) is 6.54 Å². The van der Waals surface area contributed by atoms with Crippen molar-refractivity contribution in [2.75, 3.05) is 12.0 Å². The minimum absolute atomic E-state index is 0.470. The lowest BCUT2D eigenvalue weighted by Crippen LogP contribution is -2.00. The molecule has 0 bridgehead atoms. The number of thioether (sulfide) groups is 1. The molecule has 0 spiro atoms. The van der Waals surface area contributed by atoms with Crippen molar-refractivity contribution < 1.29 is 8.78 Å². The Morgan fingerprint density at radius 1 is 1.10 bits per heavy atom. The monoisotopic (exact) mass is 304 g/mol. The van der Waals surface area contributed by atoms with Gasteiger partial charge in [0.25, 0.3) is 0 Å². The molecule has 3 rings (SSSR count). The molecule has 108 valence electrons. The van der Waals surface area contributed by atoms with E-state index in [4.69, 9.17) is 5.73 Å². The van der Waals surface area contributed by atoms with Gasteiger partial charge in [-0.05, 0) is 42.2 Å². The SMILES string of the molecule is CSc1cc(N)cc2c1ccn2Cc1ccc(F)c(F)c1. The van der Waals surface area contributed by atoms with Crippen LogP contribution >= 0.6 is 11.8 Å². The fraction of sp³-hybridized carbons (Fsp3) is 0.125. The molecular weight excluding hydrogens is 290 g/mol. The summed E-state index contributed by atoms with van der Waals surface area (Å²) < 4.78 is 28.3. The summed E-state index contributed by atoms with van der Waals surface area (Å²) >= 11 is 1.63. The molecule has 1 aromatic heterocycles. The Labute approximate surface area is 125 Å². The van der Waals surface area contributed by atoms with Gasteiger partial charge in [-0.25, -0.2) is 8.78 Å². The van der Waals surface area contributed by atoms with Crippen molar-refractivity contribution in [2.24, 2.45) is 0 Å². The maximum Gasteiger partial charge on any atom is 0.159 e. The quantitative estimate of drug-likeness (QED) is 0.578. The van der Waals surface area contributed by atoms with E-state index >= 15 is 0 Å². The summed E-state index contributed by atoms with van der Waals surface area (Å²) in [5, 5.41) is 1.11. The molecule has 0 aliphatic carbocycles. The number of nitrogens with two attached hydrogens (primary N) is 1. The van der Waals surface area contributed by atoms with E-state index in [-0.39, 0.29) is 0 Å². The predicted molar refractivity (Wildman–Crippen MR) is 83.6 cm³/mol. The summed E-state index contributed by atoms with van der Waals surface area (Å²) in [5.74, 6) is -1.65. The van der Waals surface area contributed by atoms with E-state index in [9.17, 15) is 8.78 Å². The highest BCUT2D eigenvalue weighted by Gasteiger charge is 2.09. The Bertz CT molecular complexity index is 811. The minimum Gasteiger partial charge on any atom is -0.399 e. The lowest BCUT2D eigenvalue weighted by Gasteiger charge is -2.08. The van der Waals surface area contributed by atoms with E-state index in [1.54, 1.807) is 17.8 Å². The number of hydrogen-bond acceptors (Lipinski definition) is 2. The third-order valence-electron chi connectivity index (χ3n) is 3.43. The normalized spacial score (nSPS) is 11.2. The van der Waals surface area contributed by atoms with Gasteiger partial charge in [-0.2, -0.15) is 0 Å². The average molecular weight is 304 g/mol. The molecule has 0 amide bonds. The first-order valence-electron chi connectivity index (χ1n) is 6.45. The van der Waals surface area contributed by atoms with Crippen molar-refractivity contribution in [1.29, 1.82) is 0 Å². The fourth-order valence-electron chi connectivity index (χ4n) is 2.42. The summed E-state index contributed by atoms with van der Waals surface area (Å²) in [7, 11) is 0. The first kappa shape index (κ1) is 13.9. The zero-order chi connectivity index (χ0) is 15.0. The van der Waals surface area contributed by atoms with Crippen LogP contribution in [-0.4, -0.2) is 10.8 Å². The zero-order valence-electron chi connectivity index (χ0n) is 11.4. The molecule has 2 aromatic carbocycles. The van der Waals surface area contributed by atoms with E-state index in [2.05, 4.69) is 0 Å². The zero-order valence-corrected chi connectivity index (χ0v) is 12.3. The number of anilines is 1. The fourth-order valence-corrected chi connectivity index (χ4v) is 3.07. The Morgan fingerprint density at radius 2 is 1.90 bits per heavy atom. The van der Waals surface area contributed by atoms with E-state index in [1.807, 2.05) is 35.2 Å². The molecule has 0 unspecified atom stereocenters. The van der Waals surface area contributed by atoms with E-state index in [0.29, 0.717) is 17.8 Å². The first-order chi connectivity index (χ1) is 10.1. The topological polar surface area (TPSA) is 30.9 Å². The van der Waals surface area contributed by atoms with Gasteiger partial charge >= 0.3 is 0 Å². The Kier molecular flexibility index (Phi) is 3.59.